The Morgan fingerprint density at radius 1 is 1.17 bits per heavy atom. The van der Waals surface area contributed by atoms with Crippen LogP contribution in [-0.4, -0.2) is 37.8 Å². The zero-order chi connectivity index (χ0) is 20.4. The van der Waals surface area contributed by atoms with E-state index < -0.39 is 5.92 Å². The minimum Gasteiger partial charge on any atom is -0.486 e. The van der Waals surface area contributed by atoms with Crippen molar-refractivity contribution in [3.63, 3.8) is 0 Å². The molecule has 0 aromatic heterocycles. The second kappa shape index (κ2) is 8.37. The van der Waals surface area contributed by atoms with Crippen molar-refractivity contribution in [1.29, 1.82) is 0 Å². The predicted molar refractivity (Wildman–Crippen MR) is 114 cm³/mol. The third kappa shape index (κ3) is 4.05. The molecule has 6 nitrogen and oxygen atoms in total. The van der Waals surface area contributed by atoms with E-state index in [0.29, 0.717) is 36.9 Å². The predicted octanol–water partition coefficient (Wildman–Crippen LogP) is 3.73. The average Bonchev–Trinajstić information content (AvgIpc) is 3.15. The van der Waals surface area contributed by atoms with Gasteiger partial charge in [0.1, 0.15) is 13.2 Å². The number of nitrogens with one attached hydrogen (secondary N) is 1. The van der Waals surface area contributed by atoms with Gasteiger partial charge in [-0.1, -0.05) is 19.1 Å². The molecule has 1 atom stereocenters. The molecule has 2 aromatic rings. The van der Waals surface area contributed by atoms with Crippen LogP contribution >= 0.6 is 11.8 Å². The molecule has 7 heteroatoms. The van der Waals surface area contributed by atoms with Crippen molar-refractivity contribution in [2.45, 2.75) is 24.7 Å². The molecule has 0 saturated carbocycles. The molecule has 1 fully saturated rings. The van der Waals surface area contributed by atoms with Crippen LogP contribution in [0, 0.1) is 5.92 Å². The van der Waals surface area contributed by atoms with E-state index in [4.69, 9.17) is 9.47 Å². The topological polar surface area (TPSA) is 67.9 Å². The highest BCUT2D eigenvalue weighted by atomic mass is 32.2. The first kappa shape index (κ1) is 19.6. The number of carbonyl (C=O) groups is 2. The van der Waals surface area contributed by atoms with Crippen molar-refractivity contribution in [3.8, 4) is 11.5 Å². The summed E-state index contributed by atoms with van der Waals surface area (Å²) in [7, 11) is 0. The van der Waals surface area contributed by atoms with Crippen LogP contribution < -0.4 is 19.7 Å². The number of amides is 2. The minimum atomic E-state index is -0.392. The third-order valence-corrected chi connectivity index (χ3v) is 6.05. The Labute approximate surface area is 174 Å². The van der Waals surface area contributed by atoms with E-state index in [1.165, 1.54) is 17.3 Å². The van der Waals surface area contributed by atoms with E-state index in [1.54, 1.807) is 11.0 Å². The van der Waals surface area contributed by atoms with Crippen molar-refractivity contribution >= 4 is 35.0 Å². The van der Waals surface area contributed by atoms with Crippen LogP contribution in [0.4, 0.5) is 11.4 Å². The lowest BCUT2D eigenvalue weighted by Gasteiger charge is -2.21. The van der Waals surface area contributed by atoms with Gasteiger partial charge in [-0.2, -0.15) is 0 Å². The maximum atomic E-state index is 12.9. The Kier molecular flexibility index (Phi) is 5.67. The van der Waals surface area contributed by atoms with Gasteiger partial charge in [0.2, 0.25) is 11.8 Å². The van der Waals surface area contributed by atoms with E-state index in [-0.39, 0.29) is 18.2 Å². The lowest BCUT2D eigenvalue weighted by molar-refractivity contribution is -0.122. The summed E-state index contributed by atoms with van der Waals surface area (Å²) in [5.41, 5.74) is 2.74. The SMILES string of the molecule is CCc1ccc(N2CC(C(=O)Nc3cc4c(cc3SC)OCCO4)CC2=O)cc1. The zero-order valence-electron chi connectivity index (χ0n) is 16.6. The van der Waals surface area contributed by atoms with Gasteiger partial charge < -0.3 is 19.7 Å². The number of benzene rings is 2. The number of hydrogen-bond donors (Lipinski definition) is 1. The highest BCUT2D eigenvalue weighted by Gasteiger charge is 2.35. The first-order valence-electron chi connectivity index (χ1n) is 9.77. The standard InChI is InChI=1S/C22H24N2O4S/c1-3-14-4-6-16(7-5-14)24-13-15(10-21(24)25)22(26)23-17-11-18-19(12-20(17)29-2)28-9-8-27-18/h4-7,11-12,15H,3,8-10,13H2,1-2H3,(H,23,26). The molecule has 2 aliphatic rings. The molecule has 1 unspecified atom stereocenters. The van der Waals surface area contributed by atoms with E-state index in [2.05, 4.69) is 12.2 Å². The number of hydrogen-bond acceptors (Lipinski definition) is 5. The molecular weight excluding hydrogens is 388 g/mol. The quantitative estimate of drug-likeness (QED) is 0.758. The minimum absolute atomic E-state index is 0.0262. The maximum Gasteiger partial charge on any atom is 0.229 e. The molecule has 0 bridgehead atoms. The fourth-order valence-corrected chi connectivity index (χ4v) is 4.17. The van der Waals surface area contributed by atoms with Crippen LogP contribution in [0.25, 0.3) is 0 Å². The first-order valence-corrected chi connectivity index (χ1v) is 11.0. The first-order chi connectivity index (χ1) is 14.1. The van der Waals surface area contributed by atoms with Crippen molar-refractivity contribution in [1.82, 2.24) is 0 Å². The van der Waals surface area contributed by atoms with Gasteiger partial charge in [0, 0.05) is 29.6 Å². The summed E-state index contributed by atoms with van der Waals surface area (Å²) < 4.78 is 11.3. The van der Waals surface area contributed by atoms with Crippen molar-refractivity contribution in [3.05, 3.63) is 42.0 Å². The number of aryl methyl sites for hydroxylation is 1. The summed E-state index contributed by atoms with van der Waals surface area (Å²) in [4.78, 5) is 28.0. The van der Waals surface area contributed by atoms with Gasteiger partial charge in [0.25, 0.3) is 0 Å². The highest BCUT2D eigenvalue weighted by Crippen LogP contribution is 2.39. The molecule has 1 saturated heterocycles. The average molecular weight is 413 g/mol. The summed E-state index contributed by atoms with van der Waals surface area (Å²) in [6.07, 6.45) is 3.11. The monoisotopic (exact) mass is 412 g/mol. The Balaban J connectivity index is 1.48. The number of rotatable bonds is 5. The summed E-state index contributed by atoms with van der Waals surface area (Å²) >= 11 is 1.53. The molecule has 0 aliphatic carbocycles. The van der Waals surface area contributed by atoms with Crippen LogP contribution in [0.15, 0.2) is 41.3 Å². The highest BCUT2D eigenvalue weighted by molar-refractivity contribution is 7.98. The Morgan fingerprint density at radius 2 is 1.86 bits per heavy atom. The number of nitrogens with zero attached hydrogens (tertiary/aromatic N) is 1. The number of thioether (sulfide) groups is 1. The smallest absolute Gasteiger partial charge is 0.229 e. The van der Waals surface area contributed by atoms with Gasteiger partial charge in [-0.15, -0.1) is 11.8 Å². The van der Waals surface area contributed by atoms with Gasteiger partial charge in [-0.05, 0) is 36.4 Å². The normalized spacial score (nSPS) is 18.1. The number of fused-ring (bicyclic) bond motifs is 1. The lowest BCUT2D eigenvalue weighted by Crippen LogP contribution is -2.28. The fraction of sp³-hybridized carbons (Fsp3) is 0.364. The van der Waals surface area contributed by atoms with Crippen molar-refractivity contribution in [2.75, 3.05) is 36.2 Å². The van der Waals surface area contributed by atoms with E-state index >= 15 is 0 Å². The Morgan fingerprint density at radius 3 is 2.52 bits per heavy atom. The molecular formula is C22H24N2O4S. The van der Waals surface area contributed by atoms with Gasteiger partial charge >= 0.3 is 0 Å². The Bertz CT molecular complexity index is 929. The molecule has 2 aliphatic heterocycles. The van der Waals surface area contributed by atoms with Crippen molar-refractivity contribution in [2.24, 2.45) is 5.92 Å². The fourth-order valence-electron chi connectivity index (χ4n) is 3.62. The molecule has 1 N–H and O–H groups in total. The molecule has 2 heterocycles. The summed E-state index contributed by atoms with van der Waals surface area (Å²) in [6, 6.07) is 11.6. The molecule has 4 rings (SSSR count). The van der Waals surface area contributed by atoms with Crippen LogP contribution in [0.5, 0.6) is 11.5 Å². The molecule has 2 aromatic carbocycles. The molecule has 152 valence electrons. The molecule has 0 radical (unpaired) electrons. The Hall–Kier alpha value is -2.67. The van der Waals surface area contributed by atoms with Gasteiger partial charge in [-0.25, -0.2) is 0 Å². The second-order valence-corrected chi connectivity index (χ2v) is 7.96. The summed E-state index contributed by atoms with van der Waals surface area (Å²) in [5, 5.41) is 2.99. The number of ether oxygens (including phenoxy) is 2. The van der Waals surface area contributed by atoms with Gasteiger partial charge in [0.05, 0.1) is 11.6 Å². The van der Waals surface area contributed by atoms with Crippen LogP contribution in [0.1, 0.15) is 18.9 Å². The molecule has 0 spiro atoms. The van der Waals surface area contributed by atoms with E-state index in [0.717, 1.165) is 17.0 Å². The molecule has 2 amide bonds. The van der Waals surface area contributed by atoms with Gasteiger partial charge in [-0.3, -0.25) is 9.59 Å². The largest absolute Gasteiger partial charge is 0.486 e. The van der Waals surface area contributed by atoms with E-state index in [1.807, 2.05) is 36.6 Å². The van der Waals surface area contributed by atoms with E-state index in [9.17, 15) is 9.59 Å². The molecule has 29 heavy (non-hydrogen) atoms. The van der Waals surface area contributed by atoms with Crippen molar-refractivity contribution < 1.29 is 19.1 Å². The third-order valence-electron chi connectivity index (χ3n) is 5.27. The van der Waals surface area contributed by atoms with Crippen LogP contribution in [0.2, 0.25) is 0 Å². The summed E-state index contributed by atoms with van der Waals surface area (Å²) in [6.45, 7) is 3.49. The number of carbonyl (C=O) groups excluding carboxylic acids is 2. The number of anilines is 2. The van der Waals surface area contributed by atoms with Crippen LogP contribution in [0.3, 0.4) is 0 Å². The second-order valence-electron chi connectivity index (χ2n) is 7.11. The zero-order valence-corrected chi connectivity index (χ0v) is 17.4. The van der Waals surface area contributed by atoms with Crippen LogP contribution in [-0.2, 0) is 16.0 Å². The van der Waals surface area contributed by atoms with Gasteiger partial charge in [0.15, 0.2) is 11.5 Å². The summed E-state index contributed by atoms with van der Waals surface area (Å²) in [5.74, 6) is 0.747. The lowest BCUT2D eigenvalue weighted by atomic mass is 10.1. The maximum absolute atomic E-state index is 12.9.